The van der Waals surface area contributed by atoms with Gasteiger partial charge in [-0.1, -0.05) is 17.2 Å². The second-order valence-corrected chi connectivity index (χ2v) is 5.92. The Hall–Kier alpha value is -2.31. The molecule has 1 aromatic rings. The third-order valence-electron chi connectivity index (χ3n) is 4.12. The van der Waals surface area contributed by atoms with Crippen molar-refractivity contribution < 1.29 is 28.0 Å². The Labute approximate surface area is 124 Å². The summed E-state index contributed by atoms with van der Waals surface area (Å²) in [6.07, 6.45) is -1.12. The number of carbonyl (C=O) groups is 3. The molecular formula is C15H13F2NO4. The van der Waals surface area contributed by atoms with Crippen LogP contribution in [-0.2, 0) is 9.63 Å². The van der Waals surface area contributed by atoms with Crippen LogP contribution in [0.5, 0.6) is 0 Å². The van der Waals surface area contributed by atoms with Gasteiger partial charge in [0.2, 0.25) is 5.92 Å². The minimum Gasteiger partial charge on any atom is -0.329 e. The summed E-state index contributed by atoms with van der Waals surface area (Å²) in [6.45, 7) is 1.36. The third kappa shape index (κ3) is 2.17. The van der Waals surface area contributed by atoms with Crippen LogP contribution < -0.4 is 0 Å². The number of hydrogen-bond donors (Lipinski definition) is 0. The standard InChI is InChI=1S/C15H13F2NO4/c1-14(6-7-15(16,17)8-14)13(21)22-18-11(19)9-4-2-3-5-10(9)12(18)20/h2-5H,6-8H2,1H3. The van der Waals surface area contributed by atoms with Crippen molar-refractivity contribution >= 4 is 17.8 Å². The molecule has 2 aliphatic rings. The summed E-state index contributed by atoms with van der Waals surface area (Å²) < 4.78 is 26.7. The summed E-state index contributed by atoms with van der Waals surface area (Å²) in [5.74, 6) is -5.45. The van der Waals surface area contributed by atoms with E-state index in [9.17, 15) is 23.2 Å². The highest BCUT2D eigenvalue weighted by molar-refractivity contribution is 6.20. The number of imide groups is 1. The van der Waals surface area contributed by atoms with Gasteiger partial charge in [0.1, 0.15) is 0 Å². The molecule has 1 aromatic carbocycles. The molecule has 22 heavy (non-hydrogen) atoms. The average molecular weight is 309 g/mol. The van der Waals surface area contributed by atoms with Crippen molar-refractivity contribution in [2.75, 3.05) is 0 Å². The molecule has 0 N–H and O–H groups in total. The van der Waals surface area contributed by atoms with Crippen molar-refractivity contribution in [1.29, 1.82) is 0 Å². The maximum atomic E-state index is 13.3. The number of halogens is 2. The van der Waals surface area contributed by atoms with E-state index in [1.54, 1.807) is 12.1 Å². The van der Waals surface area contributed by atoms with Crippen LogP contribution in [0.3, 0.4) is 0 Å². The van der Waals surface area contributed by atoms with Crippen LogP contribution in [0.15, 0.2) is 24.3 Å². The topological polar surface area (TPSA) is 63.7 Å². The summed E-state index contributed by atoms with van der Waals surface area (Å²) >= 11 is 0. The number of carbonyl (C=O) groups excluding carboxylic acids is 3. The van der Waals surface area contributed by atoms with Gasteiger partial charge in [0.15, 0.2) is 0 Å². The molecule has 1 atom stereocenters. The molecule has 0 saturated heterocycles. The van der Waals surface area contributed by atoms with E-state index >= 15 is 0 Å². The van der Waals surface area contributed by atoms with E-state index in [4.69, 9.17) is 4.84 Å². The van der Waals surface area contributed by atoms with E-state index in [1.165, 1.54) is 19.1 Å². The average Bonchev–Trinajstić information content (AvgIpc) is 2.89. The maximum Gasteiger partial charge on any atom is 0.339 e. The molecule has 3 rings (SSSR count). The highest BCUT2D eigenvalue weighted by Gasteiger charge is 2.53. The second kappa shape index (κ2) is 4.59. The van der Waals surface area contributed by atoms with Crippen molar-refractivity contribution in [3.05, 3.63) is 35.4 Å². The van der Waals surface area contributed by atoms with Crippen LogP contribution in [0.25, 0.3) is 0 Å². The molecule has 1 unspecified atom stereocenters. The number of rotatable bonds is 2. The van der Waals surface area contributed by atoms with Crippen molar-refractivity contribution in [2.24, 2.45) is 5.41 Å². The molecular weight excluding hydrogens is 296 g/mol. The predicted octanol–water partition coefficient (Wildman–Crippen LogP) is 2.57. The van der Waals surface area contributed by atoms with E-state index in [0.29, 0.717) is 5.06 Å². The molecule has 0 aromatic heterocycles. The van der Waals surface area contributed by atoms with Gasteiger partial charge in [-0.15, -0.1) is 0 Å². The zero-order chi connectivity index (χ0) is 16.1. The molecule has 5 nitrogen and oxygen atoms in total. The largest absolute Gasteiger partial charge is 0.339 e. The first kappa shape index (κ1) is 14.6. The van der Waals surface area contributed by atoms with Crippen LogP contribution in [-0.4, -0.2) is 28.8 Å². The highest BCUT2D eigenvalue weighted by Crippen LogP contribution is 2.48. The van der Waals surface area contributed by atoms with E-state index in [0.717, 1.165) is 0 Å². The highest BCUT2D eigenvalue weighted by atomic mass is 19.3. The summed E-state index contributed by atoms with van der Waals surface area (Å²) in [4.78, 5) is 41.1. The predicted molar refractivity (Wildman–Crippen MR) is 69.9 cm³/mol. The number of benzene rings is 1. The molecule has 2 amide bonds. The van der Waals surface area contributed by atoms with Gasteiger partial charge < -0.3 is 4.84 Å². The van der Waals surface area contributed by atoms with Gasteiger partial charge in [-0.25, -0.2) is 13.6 Å². The van der Waals surface area contributed by atoms with Crippen molar-refractivity contribution in [3.8, 4) is 0 Å². The van der Waals surface area contributed by atoms with Gasteiger partial charge >= 0.3 is 5.97 Å². The number of hydrogen-bond acceptors (Lipinski definition) is 4. The van der Waals surface area contributed by atoms with Crippen LogP contribution in [0.4, 0.5) is 8.78 Å². The lowest BCUT2D eigenvalue weighted by atomic mass is 9.89. The molecule has 0 radical (unpaired) electrons. The first-order valence-electron chi connectivity index (χ1n) is 6.82. The van der Waals surface area contributed by atoms with Gasteiger partial charge in [-0.05, 0) is 25.5 Å². The fraction of sp³-hybridized carbons (Fsp3) is 0.400. The van der Waals surface area contributed by atoms with Crippen LogP contribution >= 0.6 is 0 Å². The smallest absolute Gasteiger partial charge is 0.329 e. The van der Waals surface area contributed by atoms with E-state index in [2.05, 4.69) is 0 Å². The normalized spacial score (nSPS) is 26.2. The third-order valence-corrected chi connectivity index (χ3v) is 4.12. The fourth-order valence-corrected chi connectivity index (χ4v) is 2.82. The number of amides is 2. The van der Waals surface area contributed by atoms with Crippen LogP contribution in [0, 0.1) is 5.41 Å². The minimum atomic E-state index is -2.93. The Balaban J connectivity index is 1.79. The Morgan fingerprint density at radius 1 is 1.14 bits per heavy atom. The molecule has 1 saturated carbocycles. The van der Waals surface area contributed by atoms with E-state index in [-0.39, 0.29) is 17.5 Å². The van der Waals surface area contributed by atoms with Gasteiger partial charge in [-0.3, -0.25) is 9.59 Å². The van der Waals surface area contributed by atoms with Crippen molar-refractivity contribution in [3.63, 3.8) is 0 Å². The first-order chi connectivity index (χ1) is 10.2. The summed E-state index contributed by atoms with van der Waals surface area (Å²) in [5, 5.41) is 0.356. The van der Waals surface area contributed by atoms with Crippen LogP contribution in [0.1, 0.15) is 46.9 Å². The summed E-state index contributed by atoms with van der Waals surface area (Å²) in [6, 6.07) is 6.03. The Morgan fingerprint density at radius 2 is 1.68 bits per heavy atom. The number of alkyl halides is 2. The Morgan fingerprint density at radius 3 is 2.14 bits per heavy atom. The van der Waals surface area contributed by atoms with E-state index < -0.39 is 42.0 Å². The van der Waals surface area contributed by atoms with Crippen LogP contribution in [0.2, 0.25) is 0 Å². The van der Waals surface area contributed by atoms with Crippen molar-refractivity contribution in [2.45, 2.75) is 32.1 Å². The number of nitrogens with zero attached hydrogens (tertiary/aromatic N) is 1. The first-order valence-corrected chi connectivity index (χ1v) is 6.82. The lowest BCUT2D eigenvalue weighted by Crippen LogP contribution is -2.38. The van der Waals surface area contributed by atoms with E-state index in [1.807, 2.05) is 0 Å². The molecule has 7 heteroatoms. The molecule has 1 aliphatic carbocycles. The Bertz CT molecular complexity index is 653. The van der Waals surface area contributed by atoms with Gasteiger partial charge in [0.05, 0.1) is 16.5 Å². The second-order valence-electron chi connectivity index (χ2n) is 5.92. The number of fused-ring (bicyclic) bond motifs is 1. The Kier molecular flexibility index (Phi) is 3.05. The number of hydroxylamine groups is 2. The molecule has 116 valence electrons. The molecule has 0 spiro atoms. The van der Waals surface area contributed by atoms with Gasteiger partial charge in [0.25, 0.3) is 11.8 Å². The maximum absolute atomic E-state index is 13.3. The van der Waals surface area contributed by atoms with Gasteiger partial charge in [0, 0.05) is 12.8 Å². The zero-order valence-electron chi connectivity index (χ0n) is 11.8. The lowest BCUT2D eigenvalue weighted by Gasteiger charge is -2.23. The molecule has 1 heterocycles. The van der Waals surface area contributed by atoms with Crippen molar-refractivity contribution in [1.82, 2.24) is 5.06 Å². The SMILES string of the molecule is CC1(C(=O)ON2C(=O)c3ccccc3C2=O)CCC(F)(F)C1. The molecule has 1 fully saturated rings. The molecule has 0 bridgehead atoms. The monoisotopic (exact) mass is 309 g/mol. The zero-order valence-corrected chi connectivity index (χ0v) is 11.8. The lowest BCUT2D eigenvalue weighted by molar-refractivity contribution is -0.181. The molecule has 1 aliphatic heterocycles. The fourth-order valence-electron chi connectivity index (χ4n) is 2.82. The minimum absolute atomic E-state index is 0.0536. The quantitative estimate of drug-likeness (QED) is 0.788. The summed E-state index contributed by atoms with van der Waals surface area (Å²) in [5.41, 5.74) is -1.15. The summed E-state index contributed by atoms with van der Waals surface area (Å²) in [7, 11) is 0. The van der Waals surface area contributed by atoms with Gasteiger partial charge in [-0.2, -0.15) is 0 Å².